The molecule has 7 heteroatoms. The van der Waals surface area contributed by atoms with Crippen molar-refractivity contribution < 1.29 is 14.7 Å². The minimum Gasteiger partial charge on any atom is -0.381 e. The van der Waals surface area contributed by atoms with Gasteiger partial charge < -0.3 is 21.5 Å². The monoisotopic (exact) mass is 399 g/mol. The highest BCUT2D eigenvalue weighted by molar-refractivity contribution is 5.86. The van der Waals surface area contributed by atoms with E-state index in [0.717, 1.165) is 5.56 Å². The summed E-state index contributed by atoms with van der Waals surface area (Å²) in [5.74, 6) is -0.601. The van der Waals surface area contributed by atoms with E-state index >= 15 is 0 Å². The van der Waals surface area contributed by atoms with E-state index in [4.69, 9.17) is 5.73 Å². The lowest BCUT2D eigenvalue weighted by Crippen LogP contribution is -2.57. The zero-order valence-electron chi connectivity index (χ0n) is 16.9. The molecule has 2 amide bonds. The second-order valence-corrected chi connectivity index (χ2v) is 8.22. The highest BCUT2D eigenvalue weighted by Gasteiger charge is 2.31. The number of halogens is 1. The van der Waals surface area contributed by atoms with Crippen molar-refractivity contribution in [1.29, 1.82) is 0 Å². The summed E-state index contributed by atoms with van der Waals surface area (Å²) in [5, 5.41) is 16.1. The average Bonchev–Trinajstić information content (AvgIpc) is 2.52. The lowest BCUT2D eigenvalue weighted by atomic mass is 9.98. The number of hydrogen-bond donors (Lipinski definition) is 4. The van der Waals surface area contributed by atoms with Crippen LogP contribution in [0.4, 0.5) is 0 Å². The number of aliphatic hydroxyl groups is 1. The zero-order chi connectivity index (χ0) is 19.9. The van der Waals surface area contributed by atoms with Crippen LogP contribution in [0.2, 0.25) is 0 Å². The number of carbonyl (C=O) groups excluding carboxylic acids is 2. The van der Waals surface area contributed by atoms with Crippen LogP contribution in [-0.2, 0) is 16.0 Å². The van der Waals surface area contributed by atoms with Crippen LogP contribution in [0, 0.1) is 5.92 Å². The van der Waals surface area contributed by atoms with Gasteiger partial charge in [-0.3, -0.25) is 9.59 Å². The molecule has 3 atom stereocenters. The summed E-state index contributed by atoms with van der Waals surface area (Å²) in [6.45, 7) is 9.48. The molecule has 6 nitrogen and oxygen atoms in total. The number of nitrogens with one attached hydrogen (secondary N) is 2. The van der Waals surface area contributed by atoms with Gasteiger partial charge in [0, 0.05) is 5.54 Å². The molecule has 27 heavy (non-hydrogen) atoms. The highest BCUT2D eigenvalue weighted by Crippen LogP contribution is 2.10. The summed E-state index contributed by atoms with van der Waals surface area (Å²) >= 11 is 0. The quantitative estimate of drug-likeness (QED) is 0.534. The van der Waals surface area contributed by atoms with E-state index in [2.05, 4.69) is 10.6 Å². The molecule has 0 saturated carbocycles. The number of carbonyl (C=O) groups is 2. The Kier molecular flexibility index (Phi) is 10.6. The van der Waals surface area contributed by atoms with Gasteiger partial charge in [-0.05, 0) is 45.1 Å². The molecule has 0 aliphatic heterocycles. The van der Waals surface area contributed by atoms with Gasteiger partial charge in [0.1, 0.15) is 0 Å². The van der Waals surface area contributed by atoms with Gasteiger partial charge in [0.25, 0.3) is 5.91 Å². The van der Waals surface area contributed by atoms with E-state index in [1.165, 1.54) is 0 Å². The molecule has 3 unspecified atom stereocenters. The first-order chi connectivity index (χ1) is 12.0. The van der Waals surface area contributed by atoms with E-state index < -0.39 is 29.6 Å². The fourth-order valence-corrected chi connectivity index (χ4v) is 2.64. The third-order valence-electron chi connectivity index (χ3n) is 3.84. The van der Waals surface area contributed by atoms with Gasteiger partial charge >= 0.3 is 0 Å². The summed E-state index contributed by atoms with van der Waals surface area (Å²) in [6.07, 6.45) is -0.502. The normalized spacial score (nSPS) is 14.7. The maximum absolute atomic E-state index is 12.4. The number of amides is 2. The first-order valence-corrected chi connectivity index (χ1v) is 9.09. The summed E-state index contributed by atoms with van der Waals surface area (Å²) < 4.78 is 0. The number of aliphatic hydroxyl groups excluding tert-OH is 1. The van der Waals surface area contributed by atoms with Crippen molar-refractivity contribution in [1.82, 2.24) is 10.6 Å². The Hall–Kier alpha value is -1.63. The fourth-order valence-electron chi connectivity index (χ4n) is 2.64. The van der Waals surface area contributed by atoms with Gasteiger partial charge in [0.2, 0.25) is 5.91 Å². The van der Waals surface area contributed by atoms with E-state index in [1.54, 1.807) is 0 Å². The van der Waals surface area contributed by atoms with Gasteiger partial charge in [-0.15, -0.1) is 12.4 Å². The summed E-state index contributed by atoms with van der Waals surface area (Å²) in [4.78, 5) is 24.8. The highest BCUT2D eigenvalue weighted by atomic mass is 35.5. The topological polar surface area (TPSA) is 104 Å². The molecule has 0 saturated heterocycles. The van der Waals surface area contributed by atoms with Crippen LogP contribution in [-0.4, -0.2) is 40.6 Å². The molecule has 0 aromatic heterocycles. The average molecular weight is 400 g/mol. The van der Waals surface area contributed by atoms with Crippen LogP contribution < -0.4 is 16.4 Å². The Balaban J connectivity index is 0.00000676. The van der Waals surface area contributed by atoms with Crippen LogP contribution in [0.1, 0.15) is 46.6 Å². The molecule has 154 valence electrons. The fraction of sp³-hybridized carbons (Fsp3) is 0.600. The predicted octanol–water partition coefficient (Wildman–Crippen LogP) is 1.78. The number of rotatable bonds is 8. The van der Waals surface area contributed by atoms with Crippen molar-refractivity contribution in [3.05, 3.63) is 35.9 Å². The third kappa shape index (κ3) is 9.75. The van der Waals surface area contributed by atoms with E-state index in [1.807, 2.05) is 65.0 Å². The minimum atomic E-state index is -1.37. The molecule has 0 radical (unpaired) electrons. The van der Waals surface area contributed by atoms with Crippen LogP contribution in [0.25, 0.3) is 0 Å². The molecular formula is C20H34ClN3O3. The molecule has 0 fully saturated rings. The maximum atomic E-state index is 12.4. The minimum absolute atomic E-state index is 0. The summed E-state index contributed by atoms with van der Waals surface area (Å²) in [6, 6.07) is 7.99. The number of nitrogens with two attached hydrogens (primary N) is 1. The predicted molar refractivity (Wildman–Crippen MR) is 111 cm³/mol. The Labute approximate surface area is 168 Å². The summed E-state index contributed by atoms with van der Waals surface area (Å²) in [5.41, 5.74) is 6.38. The van der Waals surface area contributed by atoms with Gasteiger partial charge in [-0.2, -0.15) is 0 Å². The Morgan fingerprint density at radius 2 is 1.67 bits per heavy atom. The van der Waals surface area contributed by atoms with Crippen molar-refractivity contribution in [2.75, 3.05) is 0 Å². The standard InChI is InChI=1S/C20H33N3O3.ClH/c1-13(2)11-15(21)18(25)22-16(12-14-9-7-6-8-10-14)17(24)19(26)23-20(3,4)5;/h6-10,13,15-17,24H,11-12,21H2,1-5H3,(H,22,25)(H,23,26);1H. The third-order valence-corrected chi connectivity index (χ3v) is 3.84. The SMILES string of the molecule is CC(C)CC(N)C(=O)NC(Cc1ccccc1)C(O)C(=O)NC(C)(C)C.Cl. The number of benzene rings is 1. The zero-order valence-corrected chi connectivity index (χ0v) is 17.7. The van der Waals surface area contributed by atoms with Crippen molar-refractivity contribution in [2.24, 2.45) is 11.7 Å². The molecule has 0 heterocycles. The van der Waals surface area contributed by atoms with Crippen LogP contribution >= 0.6 is 12.4 Å². The van der Waals surface area contributed by atoms with Crippen molar-refractivity contribution >= 4 is 24.2 Å². The molecule has 1 aromatic rings. The van der Waals surface area contributed by atoms with E-state index in [-0.39, 0.29) is 24.2 Å². The largest absolute Gasteiger partial charge is 0.381 e. The van der Waals surface area contributed by atoms with Crippen LogP contribution in [0.5, 0.6) is 0 Å². The lowest BCUT2D eigenvalue weighted by Gasteiger charge is -2.28. The molecule has 0 aliphatic rings. The Morgan fingerprint density at radius 1 is 1.11 bits per heavy atom. The molecule has 1 aromatic carbocycles. The maximum Gasteiger partial charge on any atom is 0.251 e. The second kappa shape index (κ2) is 11.3. The number of hydrogen-bond acceptors (Lipinski definition) is 4. The van der Waals surface area contributed by atoms with E-state index in [9.17, 15) is 14.7 Å². The summed E-state index contributed by atoms with van der Waals surface area (Å²) in [7, 11) is 0. The van der Waals surface area contributed by atoms with E-state index in [0.29, 0.717) is 12.8 Å². The van der Waals surface area contributed by atoms with Gasteiger partial charge in [-0.1, -0.05) is 44.2 Å². The second-order valence-electron chi connectivity index (χ2n) is 8.22. The Morgan fingerprint density at radius 3 is 2.15 bits per heavy atom. The molecule has 0 bridgehead atoms. The van der Waals surface area contributed by atoms with Crippen molar-refractivity contribution in [2.45, 2.75) is 71.2 Å². The smallest absolute Gasteiger partial charge is 0.251 e. The van der Waals surface area contributed by atoms with Gasteiger partial charge in [0.05, 0.1) is 12.1 Å². The van der Waals surface area contributed by atoms with Crippen molar-refractivity contribution in [3.63, 3.8) is 0 Å². The first kappa shape index (κ1) is 25.4. The molecular weight excluding hydrogens is 366 g/mol. The Bertz CT molecular complexity index is 588. The van der Waals surface area contributed by atoms with Gasteiger partial charge in [-0.25, -0.2) is 0 Å². The molecule has 0 aliphatic carbocycles. The van der Waals surface area contributed by atoms with Crippen LogP contribution in [0.15, 0.2) is 30.3 Å². The molecule has 0 spiro atoms. The van der Waals surface area contributed by atoms with Gasteiger partial charge in [0.15, 0.2) is 6.10 Å². The van der Waals surface area contributed by atoms with Crippen LogP contribution in [0.3, 0.4) is 0 Å². The molecule has 1 rings (SSSR count). The molecule has 5 N–H and O–H groups in total. The van der Waals surface area contributed by atoms with Crippen molar-refractivity contribution in [3.8, 4) is 0 Å². The lowest BCUT2D eigenvalue weighted by molar-refractivity contribution is -0.133. The first-order valence-electron chi connectivity index (χ1n) is 9.09.